The molecule has 6 nitrogen and oxygen atoms in total. The van der Waals surface area contributed by atoms with E-state index in [0.29, 0.717) is 24.4 Å². The Kier molecular flexibility index (Phi) is 6.97. The van der Waals surface area contributed by atoms with E-state index >= 15 is 0 Å². The lowest BCUT2D eigenvalue weighted by atomic mass is 9.89. The number of likely N-dealkylation sites (tertiary alicyclic amines) is 1. The van der Waals surface area contributed by atoms with Crippen LogP contribution in [0.1, 0.15) is 63.3 Å². The van der Waals surface area contributed by atoms with E-state index in [1.54, 1.807) is 37.8 Å². The molecule has 0 aromatic heterocycles. The van der Waals surface area contributed by atoms with E-state index < -0.39 is 29.4 Å². The van der Waals surface area contributed by atoms with Crippen molar-refractivity contribution in [1.29, 1.82) is 0 Å². The Labute approximate surface area is 196 Å². The molecule has 184 valence electrons. The summed E-state index contributed by atoms with van der Waals surface area (Å²) in [7, 11) is 0.881. The van der Waals surface area contributed by atoms with Crippen LogP contribution in [0.4, 0.5) is 18.0 Å². The molecule has 10 heteroatoms. The summed E-state index contributed by atoms with van der Waals surface area (Å²) in [6.45, 7) is 6.69. The second kappa shape index (κ2) is 8.98. The van der Waals surface area contributed by atoms with Crippen molar-refractivity contribution >= 4 is 23.6 Å². The number of benzene rings is 1. The predicted molar refractivity (Wildman–Crippen MR) is 117 cm³/mol. The summed E-state index contributed by atoms with van der Waals surface area (Å²) in [5.41, 5.74) is -1.27. The topological polar surface area (TPSA) is 59.1 Å². The van der Waals surface area contributed by atoms with Crippen LogP contribution >= 0.6 is 11.6 Å². The van der Waals surface area contributed by atoms with Crippen LogP contribution in [0.3, 0.4) is 0 Å². The van der Waals surface area contributed by atoms with Crippen LogP contribution in [-0.4, -0.2) is 59.4 Å². The lowest BCUT2D eigenvalue weighted by Crippen LogP contribution is -2.58. The Morgan fingerprint density at radius 3 is 2.36 bits per heavy atom. The van der Waals surface area contributed by atoms with Crippen LogP contribution in [0.15, 0.2) is 12.1 Å². The van der Waals surface area contributed by atoms with Gasteiger partial charge in [0.2, 0.25) is 5.60 Å². The number of ether oxygens (including phenoxy) is 2. The van der Waals surface area contributed by atoms with Gasteiger partial charge in [0.15, 0.2) is 0 Å². The molecule has 0 aliphatic carbocycles. The van der Waals surface area contributed by atoms with Gasteiger partial charge in [-0.05, 0) is 75.8 Å². The molecule has 2 aliphatic heterocycles. The Balaban J connectivity index is 1.95. The van der Waals surface area contributed by atoms with Gasteiger partial charge in [-0.25, -0.2) is 4.79 Å². The summed E-state index contributed by atoms with van der Waals surface area (Å²) < 4.78 is 51.0. The molecule has 0 saturated carbocycles. The van der Waals surface area contributed by atoms with Crippen LogP contribution in [0.5, 0.6) is 0 Å². The second-order valence-corrected chi connectivity index (χ2v) is 10.1. The number of methoxy groups -OCH3 is 1. The Bertz CT molecular complexity index is 932. The average Bonchev–Trinajstić information content (AvgIpc) is 3.19. The summed E-state index contributed by atoms with van der Waals surface area (Å²) >= 11 is 6.36. The molecule has 2 atom stereocenters. The summed E-state index contributed by atoms with van der Waals surface area (Å²) in [4.78, 5) is 28.5. The summed E-state index contributed by atoms with van der Waals surface area (Å²) in [6, 6.07) is 3.17. The van der Waals surface area contributed by atoms with E-state index in [9.17, 15) is 22.8 Å². The quantitative estimate of drug-likeness (QED) is 0.579. The molecule has 2 amide bonds. The van der Waals surface area contributed by atoms with Crippen molar-refractivity contribution < 1.29 is 32.2 Å². The first-order chi connectivity index (χ1) is 15.2. The monoisotopic (exact) mass is 490 g/mol. The molecule has 2 unspecified atom stereocenters. The highest BCUT2D eigenvalue weighted by atomic mass is 35.5. The summed E-state index contributed by atoms with van der Waals surface area (Å²) in [6.07, 6.45) is -3.54. The number of fused-ring (bicyclic) bond motifs is 1. The first-order valence-corrected chi connectivity index (χ1v) is 11.3. The number of rotatable bonds is 3. The molecule has 33 heavy (non-hydrogen) atoms. The fourth-order valence-corrected chi connectivity index (χ4v) is 4.63. The Morgan fingerprint density at radius 1 is 1.12 bits per heavy atom. The van der Waals surface area contributed by atoms with Crippen molar-refractivity contribution in [2.24, 2.45) is 0 Å². The minimum atomic E-state index is -4.86. The average molecular weight is 491 g/mol. The number of nitrogens with zero attached hydrogens (tertiary/aromatic N) is 2. The zero-order valence-electron chi connectivity index (χ0n) is 19.5. The predicted octanol–water partition coefficient (Wildman–Crippen LogP) is 5.26. The van der Waals surface area contributed by atoms with Gasteiger partial charge < -0.3 is 19.3 Å². The molecule has 2 heterocycles. The molecule has 1 aromatic rings. The summed E-state index contributed by atoms with van der Waals surface area (Å²) in [5.74, 6) is -1.14. The van der Waals surface area contributed by atoms with Crippen molar-refractivity contribution in [2.75, 3.05) is 20.2 Å². The van der Waals surface area contributed by atoms with Gasteiger partial charge in [-0.15, -0.1) is 0 Å². The number of alkyl halides is 3. The van der Waals surface area contributed by atoms with E-state index in [-0.39, 0.29) is 19.1 Å². The first kappa shape index (κ1) is 25.6. The smallest absolute Gasteiger partial charge is 0.426 e. The molecule has 0 radical (unpaired) electrons. The van der Waals surface area contributed by atoms with Crippen molar-refractivity contribution in [3.05, 3.63) is 33.8 Å². The molecule has 3 rings (SSSR count). The van der Waals surface area contributed by atoms with E-state index in [4.69, 9.17) is 16.3 Å². The first-order valence-electron chi connectivity index (χ1n) is 10.9. The van der Waals surface area contributed by atoms with Gasteiger partial charge in [0.05, 0.1) is 6.04 Å². The fraction of sp³-hybridized carbons (Fsp3) is 0.652. The molecular formula is C23H30ClF3N2O4. The van der Waals surface area contributed by atoms with E-state index in [2.05, 4.69) is 4.74 Å². The maximum absolute atomic E-state index is 13.6. The Hall–Kier alpha value is -2.00. The van der Waals surface area contributed by atoms with Crippen LogP contribution < -0.4 is 0 Å². The molecule has 1 saturated heterocycles. The molecule has 0 spiro atoms. The largest absolute Gasteiger partial charge is 0.444 e. The highest BCUT2D eigenvalue weighted by Gasteiger charge is 2.59. The normalized spacial score (nSPS) is 20.9. The van der Waals surface area contributed by atoms with Gasteiger partial charge in [-0.2, -0.15) is 13.2 Å². The zero-order valence-corrected chi connectivity index (χ0v) is 20.3. The van der Waals surface area contributed by atoms with Crippen LogP contribution in [0.2, 0.25) is 5.02 Å². The van der Waals surface area contributed by atoms with Crippen LogP contribution in [0, 0.1) is 0 Å². The maximum Gasteiger partial charge on any atom is 0.426 e. The van der Waals surface area contributed by atoms with Gasteiger partial charge in [0.1, 0.15) is 5.60 Å². The van der Waals surface area contributed by atoms with Crippen molar-refractivity contribution in [2.45, 2.75) is 76.9 Å². The van der Waals surface area contributed by atoms with Gasteiger partial charge in [-0.3, -0.25) is 4.79 Å². The minimum absolute atomic E-state index is 0.0195. The van der Waals surface area contributed by atoms with Crippen LogP contribution in [-0.2, 0) is 27.2 Å². The van der Waals surface area contributed by atoms with Crippen molar-refractivity contribution in [3.8, 4) is 0 Å². The molecule has 1 aromatic carbocycles. The van der Waals surface area contributed by atoms with E-state index in [1.165, 1.54) is 4.90 Å². The number of hydrogen-bond acceptors (Lipinski definition) is 4. The molecular weight excluding hydrogens is 461 g/mol. The number of amides is 2. The van der Waals surface area contributed by atoms with E-state index in [0.717, 1.165) is 37.1 Å². The van der Waals surface area contributed by atoms with Gasteiger partial charge in [0, 0.05) is 31.8 Å². The second-order valence-electron chi connectivity index (χ2n) is 9.68. The SMILES string of the molecule is COC(C)(C(=O)N1CCc2cc(Cl)cc(C3CCCN3C(=O)OC(C)(C)C)c2C1)C(F)(F)F. The molecule has 1 fully saturated rings. The highest BCUT2D eigenvalue weighted by Crippen LogP contribution is 2.41. The third kappa shape index (κ3) is 5.09. The lowest BCUT2D eigenvalue weighted by Gasteiger charge is -2.38. The van der Waals surface area contributed by atoms with Crippen molar-refractivity contribution in [3.63, 3.8) is 0 Å². The zero-order chi connectivity index (χ0) is 24.8. The fourth-order valence-electron chi connectivity index (χ4n) is 4.38. The van der Waals surface area contributed by atoms with Crippen LogP contribution in [0.25, 0.3) is 0 Å². The number of halogens is 4. The highest BCUT2D eigenvalue weighted by molar-refractivity contribution is 6.30. The van der Waals surface area contributed by atoms with E-state index in [1.807, 2.05) is 0 Å². The number of carbonyl (C=O) groups is 2. The van der Waals surface area contributed by atoms with Gasteiger partial charge >= 0.3 is 12.3 Å². The summed E-state index contributed by atoms with van der Waals surface area (Å²) in [5, 5.41) is 0.483. The lowest BCUT2D eigenvalue weighted by molar-refractivity contribution is -0.258. The Morgan fingerprint density at radius 2 is 1.79 bits per heavy atom. The molecule has 2 aliphatic rings. The number of hydrogen-bond donors (Lipinski definition) is 0. The van der Waals surface area contributed by atoms with Gasteiger partial charge in [0.25, 0.3) is 5.91 Å². The third-order valence-corrected chi connectivity index (χ3v) is 6.44. The maximum atomic E-state index is 13.6. The minimum Gasteiger partial charge on any atom is -0.444 e. The number of carbonyl (C=O) groups excluding carboxylic acids is 2. The molecule has 0 N–H and O–H groups in total. The van der Waals surface area contributed by atoms with Crippen molar-refractivity contribution in [1.82, 2.24) is 9.80 Å². The molecule has 0 bridgehead atoms. The standard InChI is InChI=1S/C23H30ClF3N2O4/c1-21(2,3)33-20(31)29-9-6-7-18(29)16-12-15(24)11-14-8-10-28(13-17(14)16)19(30)22(4,32-5)23(25,26)27/h11-12,18H,6-10,13H2,1-5H3. The third-order valence-electron chi connectivity index (χ3n) is 6.23. The van der Waals surface area contributed by atoms with Gasteiger partial charge in [-0.1, -0.05) is 11.6 Å².